The molecule has 0 aromatic heterocycles. The van der Waals surface area contributed by atoms with Gasteiger partial charge in [0.05, 0.1) is 0 Å². The summed E-state index contributed by atoms with van der Waals surface area (Å²) in [6.45, 7) is 0. The van der Waals surface area contributed by atoms with Gasteiger partial charge in [0.15, 0.2) is 0 Å². The largest absolute Gasteiger partial charge is 0.399 e. The molecule has 0 saturated heterocycles. The summed E-state index contributed by atoms with van der Waals surface area (Å²) in [7, 11) is 0. The molecule has 0 amide bonds. The van der Waals surface area contributed by atoms with Gasteiger partial charge >= 0.3 is 0 Å². The lowest BCUT2D eigenvalue weighted by Crippen LogP contribution is -1.97. The normalized spacial score (nSPS) is 20.5. The van der Waals surface area contributed by atoms with E-state index in [0.717, 1.165) is 12.1 Å². The van der Waals surface area contributed by atoms with Gasteiger partial charge in [0.1, 0.15) is 0 Å². The average Bonchev–Trinajstić information content (AvgIpc) is 2.58. The summed E-state index contributed by atoms with van der Waals surface area (Å²) in [4.78, 5) is 0. The summed E-state index contributed by atoms with van der Waals surface area (Å²) in [6, 6.07) is 0. The fraction of sp³-hybridized carbons (Fsp3) is 0.0909. The van der Waals surface area contributed by atoms with E-state index in [-0.39, 0.29) is 0 Å². The van der Waals surface area contributed by atoms with E-state index in [1.54, 1.807) is 0 Å². The van der Waals surface area contributed by atoms with Crippen molar-refractivity contribution in [1.82, 2.24) is 0 Å². The van der Waals surface area contributed by atoms with Crippen molar-refractivity contribution >= 4 is 0 Å². The molecule has 0 aromatic rings. The van der Waals surface area contributed by atoms with Crippen LogP contribution in [-0.4, -0.2) is 0 Å². The van der Waals surface area contributed by atoms with E-state index in [0.29, 0.717) is 0 Å². The summed E-state index contributed by atoms with van der Waals surface area (Å²) < 4.78 is 0. The molecule has 0 unspecified atom stereocenters. The topological polar surface area (TPSA) is 26.0 Å². The quantitative estimate of drug-likeness (QED) is 0.573. The van der Waals surface area contributed by atoms with Crippen LogP contribution >= 0.6 is 0 Å². The minimum atomic E-state index is 0.866. The summed E-state index contributed by atoms with van der Waals surface area (Å²) in [5.74, 6) is 0. The maximum Gasteiger partial charge on any atom is 0.0276 e. The van der Waals surface area contributed by atoms with Gasteiger partial charge in [-0.2, -0.15) is 0 Å². The van der Waals surface area contributed by atoms with Gasteiger partial charge in [-0.3, -0.25) is 0 Å². The third kappa shape index (κ3) is 1.26. The molecule has 0 heterocycles. The van der Waals surface area contributed by atoms with Crippen LogP contribution in [0.5, 0.6) is 0 Å². The second kappa shape index (κ2) is 2.86. The highest BCUT2D eigenvalue weighted by Crippen LogP contribution is 2.21. The number of hydrogen-bond donors (Lipinski definition) is 1. The van der Waals surface area contributed by atoms with Gasteiger partial charge in [-0.25, -0.2) is 0 Å². The maximum atomic E-state index is 5.61. The van der Waals surface area contributed by atoms with Crippen LogP contribution in [0.3, 0.4) is 0 Å². The first kappa shape index (κ1) is 7.17. The van der Waals surface area contributed by atoms with Crippen LogP contribution in [0.15, 0.2) is 59.4 Å². The van der Waals surface area contributed by atoms with Gasteiger partial charge in [-0.15, -0.1) is 0 Å². The lowest BCUT2D eigenvalue weighted by Gasteiger charge is -2.06. The molecule has 60 valence electrons. The van der Waals surface area contributed by atoms with Crippen LogP contribution in [0.2, 0.25) is 0 Å². The van der Waals surface area contributed by atoms with Gasteiger partial charge in [-0.05, 0) is 23.6 Å². The van der Waals surface area contributed by atoms with Crippen molar-refractivity contribution in [2.24, 2.45) is 5.73 Å². The molecule has 2 N–H and O–H groups in total. The SMILES string of the molecule is NC1=CCC(=C2C=CC=C2)C=C1. The minimum Gasteiger partial charge on any atom is -0.399 e. The van der Waals surface area contributed by atoms with Crippen molar-refractivity contribution in [2.75, 3.05) is 0 Å². The summed E-state index contributed by atoms with van der Waals surface area (Å²) in [5, 5.41) is 0. The molecule has 12 heavy (non-hydrogen) atoms. The van der Waals surface area contributed by atoms with E-state index < -0.39 is 0 Å². The first-order valence-electron chi connectivity index (χ1n) is 4.08. The molecule has 2 aliphatic carbocycles. The zero-order chi connectivity index (χ0) is 8.39. The smallest absolute Gasteiger partial charge is 0.0276 e. The van der Waals surface area contributed by atoms with Gasteiger partial charge in [-0.1, -0.05) is 36.5 Å². The number of allylic oxidation sites excluding steroid dienone is 9. The highest BCUT2D eigenvalue weighted by atomic mass is 14.6. The number of rotatable bonds is 0. The first-order valence-corrected chi connectivity index (χ1v) is 4.08. The minimum absolute atomic E-state index is 0.866. The summed E-state index contributed by atoms with van der Waals surface area (Å²) in [5.41, 5.74) is 9.12. The van der Waals surface area contributed by atoms with E-state index in [9.17, 15) is 0 Å². The fourth-order valence-corrected chi connectivity index (χ4v) is 1.36. The van der Waals surface area contributed by atoms with E-state index in [1.807, 2.05) is 12.2 Å². The van der Waals surface area contributed by atoms with Gasteiger partial charge < -0.3 is 5.73 Å². The van der Waals surface area contributed by atoms with Crippen LogP contribution in [0.25, 0.3) is 0 Å². The van der Waals surface area contributed by atoms with Crippen molar-refractivity contribution in [1.29, 1.82) is 0 Å². The Morgan fingerprint density at radius 1 is 1.00 bits per heavy atom. The van der Waals surface area contributed by atoms with E-state index in [2.05, 4.69) is 30.4 Å². The van der Waals surface area contributed by atoms with Gasteiger partial charge in [0.25, 0.3) is 0 Å². The Labute approximate surface area is 72.3 Å². The van der Waals surface area contributed by atoms with Crippen LogP contribution < -0.4 is 5.73 Å². The Bertz CT molecular complexity index is 324. The molecule has 0 atom stereocenters. The molecule has 0 aliphatic heterocycles. The van der Waals surface area contributed by atoms with Crippen molar-refractivity contribution in [3.8, 4) is 0 Å². The average molecular weight is 157 g/mol. The van der Waals surface area contributed by atoms with Crippen LogP contribution in [-0.2, 0) is 0 Å². The summed E-state index contributed by atoms with van der Waals surface area (Å²) in [6.07, 6.45) is 15.4. The van der Waals surface area contributed by atoms with Gasteiger partial charge in [0.2, 0.25) is 0 Å². The maximum absolute atomic E-state index is 5.61. The molecule has 0 aromatic carbocycles. The molecule has 1 heteroatoms. The predicted molar refractivity (Wildman–Crippen MR) is 51.3 cm³/mol. The number of hydrogen-bond acceptors (Lipinski definition) is 1. The second-order valence-corrected chi connectivity index (χ2v) is 2.94. The Hall–Kier alpha value is -1.50. The number of nitrogens with two attached hydrogens (primary N) is 1. The van der Waals surface area contributed by atoms with E-state index in [4.69, 9.17) is 5.73 Å². The molecule has 0 spiro atoms. The van der Waals surface area contributed by atoms with Crippen molar-refractivity contribution in [2.45, 2.75) is 6.42 Å². The Balaban J connectivity index is 2.29. The van der Waals surface area contributed by atoms with Crippen molar-refractivity contribution in [3.63, 3.8) is 0 Å². The van der Waals surface area contributed by atoms with E-state index >= 15 is 0 Å². The second-order valence-electron chi connectivity index (χ2n) is 2.94. The Morgan fingerprint density at radius 2 is 1.75 bits per heavy atom. The molecule has 2 aliphatic rings. The first-order chi connectivity index (χ1) is 5.86. The molecule has 1 nitrogen and oxygen atoms in total. The van der Waals surface area contributed by atoms with E-state index in [1.165, 1.54) is 11.1 Å². The molecule has 0 saturated carbocycles. The van der Waals surface area contributed by atoms with Crippen molar-refractivity contribution < 1.29 is 0 Å². The third-order valence-electron chi connectivity index (χ3n) is 2.07. The molecular formula is C11H11N. The third-order valence-corrected chi connectivity index (χ3v) is 2.07. The monoisotopic (exact) mass is 157 g/mol. The molecule has 0 fully saturated rings. The molecule has 0 radical (unpaired) electrons. The van der Waals surface area contributed by atoms with Gasteiger partial charge in [0, 0.05) is 5.70 Å². The zero-order valence-electron chi connectivity index (χ0n) is 6.83. The van der Waals surface area contributed by atoms with Crippen LogP contribution in [0.1, 0.15) is 6.42 Å². The van der Waals surface area contributed by atoms with Crippen molar-refractivity contribution in [3.05, 3.63) is 59.4 Å². The van der Waals surface area contributed by atoms with Crippen LogP contribution in [0, 0.1) is 0 Å². The molecule has 2 rings (SSSR count). The summed E-state index contributed by atoms with van der Waals surface area (Å²) >= 11 is 0. The highest BCUT2D eigenvalue weighted by Gasteiger charge is 2.03. The Morgan fingerprint density at radius 3 is 2.33 bits per heavy atom. The Kier molecular flexibility index (Phi) is 1.71. The molecular weight excluding hydrogens is 146 g/mol. The highest BCUT2D eigenvalue weighted by molar-refractivity contribution is 5.49. The lowest BCUT2D eigenvalue weighted by atomic mass is 10.0. The lowest BCUT2D eigenvalue weighted by molar-refractivity contribution is 1.18. The molecule has 0 bridgehead atoms. The standard InChI is InChI=1S/C11H11N/c12-11-7-5-10(6-8-11)9-3-1-2-4-9/h1-5,7-8H,6,12H2. The van der Waals surface area contributed by atoms with Crippen LogP contribution in [0.4, 0.5) is 0 Å². The zero-order valence-corrected chi connectivity index (χ0v) is 6.83. The predicted octanol–water partition coefficient (Wildman–Crippen LogP) is 2.21. The fourth-order valence-electron chi connectivity index (χ4n) is 1.36.